The molecule has 1 atom stereocenters. The third kappa shape index (κ3) is 5.25. The minimum atomic E-state index is -0.370. The first-order valence-corrected chi connectivity index (χ1v) is 2.97. The largest absolute Gasteiger partial charge is 0.311 e. The highest BCUT2D eigenvalue weighted by molar-refractivity contribution is 4.71. The monoisotopic (exact) mass is 130 g/mol. The van der Waals surface area contributed by atoms with Gasteiger partial charge in [-0.15, -0.1) is 0 Å². The maximum atomic E-state index is 11.7. The van der Waals surface area contributed by atoms with Crippen LogP contribution in [0.4, 0.5) is 4.39 Å². The Bertz CT molecular complexity index is 97.7. The van der Waals surface area contributed by atoms with E-state index in [1.54, 1.807) is 6.92 Å². The van der Waals surface area contributed by atoms with E-state index in [2.05, 4.69) is 5.32 Å². The van der Waals surface area contributed by atoms with Crippen LogP contribution in [0, 0.1) is 11.3 Å². The fraction of sp³-hybridized carbons (Fsp3) is 0.833. The number of nitrogens with one attached hydrogen (secondary N) is 1. The second-order valence-electron chi connectivity index (χ2n) is 1.92. The summed E-state index contributed by atoms with van der Waals surface area (Å²) in [7, 11) is 0. The van der Waals surface area contributed by atoms with Crippen molar-refractivity contribution < 1.29 is 4.39 Å². The van der Waals surface area contributed by atoms with Gasteiger partial charge in [0.05, 0.1) is 6.07 Å². The highest BCUT2D eigenvalue weighted by Crippen LogP contribution is 1.81. The summed E-state index contributed by atoms with van der Waals surface area (Å²) in [6.45, 7) is 1.96. The lowest BCUT2D eigenvalue weighted by atomic mass is 10.3. The molecule has 0 aliphatic rings. The number of hydrogen-bond acceptors (Lipinski definition) is 2. The van der Waals surface area contributed by atoms with E-state index < -0.39 is 0 Å². The number of alkyl halides is 1. The fourth-order valence-electron chi connectivity index (χ4n) is 0.429. The van der Waals surface area contributed by atoms with Crippen LogP contribution in [-0.2, 0) is 0 Å². The maximum absolute atomic E-state index is 11.7. The van der Waals surface area contributed by atoms with Gasteiger partial charge in [-0.3, -0.25) is 0 Å². The molecule has 0 aliphatic heterocycles. The Morgan fingerprint density at radius 2 is 2.44 bits per heavy atom. The second kappa shape index (κ2) is 5.52. The normalized spacial score (nSPS) is 12.6. The van der Waals surface area contributed by atoms with Crippen molar-refractivity contribution >= 4 is 0 Å². The summed E-state index contributed by atoms with van der Waals surface area (Å²) < 4.78 is 11.7. The second-order valence-corrected chi connectivity index (χ2v) is 1.92. The van der Waals surface area contributed by atoms with Crippen molar-refractivity contribution in [1.82, 2.24) is 5.32 Å². The van der Waals surface area contributed by atoms with Gasteiger partial charge in [-0.05, 0) is 6.92 Å². The Morgan fingerprint density at radius 1 is 1.78 bits per heavy atom. The van der Waals surface area contributed by atoms with Crippen LogP contribution in [0.1, 0.15) is 13.3 Å². The van der Waals surface area contributed by atoms with Crippen LogP contribution in [0.25, 0.3) is 0 Å². The summed E-state index contributed by atoms with van der Waals surface area (Å²) in [5.41, 5.74) is 0. The van der Waals surface area contributed by atoms with Gasteiger partial charge in [0, 0.05) is 19.0 Å². The summed E-state index contributed by atoms with van der Waals surface area (Å²) in [6.07, 6.45) is 0.449. The summed E-state index contributed by atoms with van der Waals surface area (Å²) in [5.74, 6) is 0. The molecule has 0 aromatic rings. The summed E-state index contributed by atoms with van der Waals surface area (Å²) in [4.78, 5) is 0. The Labute approximate surface area is 54.7 Å². The van der Waals surface area contributed by atoms with Crippen molar-refractivity contribution in [2.75, 3.05) is 13.2 Å². The number of hydrogen-bond donors (Lipinski definition) is 1. The zero-order valence-corrected chi connectivity index (χ0v) is 5.52. The first-order chi connectivity index (χ1) is 4.31. The molecule has 2 nitrogen and oxygen atoms in total. The molecule has 0 saturated heterocycles. The van der Waals surface area contributed by atoms with E-state index in [0.717, 1.165) is 0 Å². The van der Waals surface area contributed by atoms with Crippen LogP contribution in [-0.4, -0.2) is 19.3 Å². The first kappa shape index (κ1) is 8.38. The maximum Gasteiger partial charge on any atom is 0.104 e. The van der Waals surface area contributed by atoms with E-state index in [0.29, 0.717) is 13.0 Å². The van der Waals surface area contributed by atoms with Crippen molar-refractivity contribution in [2.24, 2.45) is 0 Å². The Balaban J connectivity index is 2.99. The Morgan fingerprint density at radius 3 is 2.89 bits per heavy atom. The van der Waals surface area contributed by atoms with Crippen molar-refractivity contribution in [3.8, 4) is 6.07 Å². The van der Waals surface area contributed by atoms with Gasteiger partial charge in [-0.1, -0.05) is 0 Å². The molecule has 0 rings (SSSR count). The van der Waals surface area contributed by atoms with Crippen LogP contribution in [0.3, 0.4) is 0 Å². The molecule has 0 aliphatic carbocycles. The van der Waals surface area contributed by atoms with E-state index in [1.165, 1.54) is 0 Å². The average Bonchev–Trinajstić information content (AvgIpc) is 1.89. The number of nitrogens with zero attached hydrogens (tertiary/aromatic N) is 1. The summed E-state index contributed by atoms with van der Waals surface area (Å²) in [6, 6.07) is 1.85. The summed E-state index contributed by atoms with van der Waals surface area (Å²) >= 11 is 0. The predicted octanol–water partition coefficient (Wildman–Crippen LogP) is 0.848. The van der Waals surface area contributed by atoms with Gasteiger partial charge in [0.2, 0.25) is 0 Å². The zero-order chi connectivity index (χ0) is 7.11. The molecule has 0 bridgehead atoms. The van der Waals surface area contributed by atoms with Gasteiger partial charge in [-0.25, -0.2) is 4.39 Å². The van der Waals surface area contributed by atoms with E-state index >= 15 is 0 Å². The van der Waals surface area contributed by atoms with Crippen LogP contribution < -0.4 is 5.32 Å². The fourth-order valence-corrected chi connectivity index (χ4v) is 0.429. The molecule has 52 valence electrons. The highest BCUT2D eigenvalue weighted by Gasteiger charge is 1.96. The summed E-state index contributed by atoms with van der Waals surface area (Å²) in [5, 5.41) is 10.9. The van der Waals surface area contributed by atoms with Gasteiger partial charge in [-0.2, -0.15) is 5.26 Å². The molecule has 0 aromatic heterocycles. The van der Waals surface area contributed by atoms with E-state index in [1.807, 2.05) is 6.07 Å². The molecule has 0 fully saturated rings. The topological polar surface area (TPSA) is 35.8 Å². The molecule has 3 heteroatoms. The average molecular weight is 130 g/mol. The SMILES string of the molecule is CC(CF)NCCC#N. The van der Waals surface area contributed by atoms with Crippen LogP contribution in [0.5, 0.6) is 0 Å². The molecule has 0 heterocycles. The zero-order valence-electron chi connectivity index (χ0n) is 5.52. The molecule has 0 saturated carbocycles. The minimum absolute atomic E-state index is 0.113. The van der Waals surface area contributed by atoms with Crippen molar-refractivity contribution in [3.63, 3.8) is 0 Å². The molecule has 0 amide bonds. The number of rotatable bonds is 4. The molecule has 0 aromatic carbocycles. The molecule has 1 N–H and O–H groups in total. The predicted molar refractivity (Wildman–Crippen MR) is 33.7 cm³/mol. The number of halogens is 1. The van der Waals surface area contributed by atoms with Gasteiger partial charge in [0.25, 0.3) is 0 Å². The quantitative estimate of drug-likeness (QED) is 0.572. The smallest absolute Gasteiger partial charge is 0.104 e. The molecule has 0 spiro atoms. The Kier molecular flexibility index (Phi) is 5.14. The van der Waals surface area contributed by atoms with Crippen molar-refractivity contribution in [2.45, 2.75) is 19.4 Å². The van der Waals surface area contributed by atoms with E-state index in [4.69, 9.17) is 5.26 Å². The first-order valence-electron chi connectivity index (χ1n) is 2.97. The third-order valence-electron chi connectivity index (χ3n) is 0.961. The molecular weight excluding hydrogens is 119 g/mol. The van der Waals surface area contributed by atoms with Crippen molar-refractivity contribution in [1.29, 1.82) is 5.26 Å². The van der Waals surface area contributed by atoms with Crippen LogP contribution >= 0.6 is 0 Å². The third-order valence-corrected chi connectivity index (χ3v) is 0.961. The highest BCUT2D eigenvalue weighted by atomic mass is 19.1. The lowest BCUT2D eigenvalue weighted by Crippen LogP contribution is -2.28. The molecule has 9 heavy (non-hydrogen) atoms. The standard InChI is InChI=1S/C6H11FN2/c1-6(5-7)9-4-2-3-8/h6,9H,2,4-5H2,1H3. The minimum Gasteiger partial charge on any atom is -0.311 e. The van der Waals surface area contributed by atoms with E-state index in [-0.39, 0.29) is 12.7 Å². The lowest BCUT2D eigenvalue weighted by Gasteiger charge is -2.05. The van der Waals surface area contributed by atoms with Gasteiger partial charge in [0.1, 0.15) is 6.67 Å². The Hall–Kier alpha value is -0.620. The lowest BCUT2D eigenvalue weighted by molar-refractivity contribution is 0.395. The van der Waals surface area contributed by atoms with Gasteiger partial charge < -0.3 is 5.32 Å². The van der Waals surface area contributed by atoms with E-state index in [9.17, 15) is 4.39 Å². The van der Waals surface area contributed by atoms with Crippen LogP contribution in [0.2, 0.25) is 0 Å². The molecule has 1 unspecified atom stereocenters. The van der Waals surface area contributed by atoms with Gasteiger partial charge >= 0.3 is 0 Å². The molecule has 0 radical (unpaired) electrons. The van der Waals surface area contributed by atoms with Gasteiger partial charge in [0.15, 0.2) is 0 Å². The number of nitriles is 1. The molecular formula is C6H11FN2. The van der Waals surface area contributed by atoms with Crippen LogP contribution in [0.15, 0.2) is 0 Å². The van der Waals surface area contributed by atoms with Crippen molar-refractivity contribution in [3.05, 3.63) is 0 Å².